The Morgan fingerprint density at radius 1 is 1.11 bits per heavy atom. The molecule has 0 N–H and O–H groups in total. The van der Waals surface area contributed by atoms with E-state index in [0.717, 1.165) is 35.6 Å². The average Bonchev–Trinajstić information content (AvgIpc) is 3.52. The minimum absolute atomic E-state index is 0.108. The molecule has 1 aliphatic rings. The Bertz CT molecular complexity index is 1250. The van der Waals surface area contributed by atoms with Crippen LogP contribution in [-0.4, -0.2) is 63.0 Å². The number of para-hydroxylation sites is 1. The van der Waals surface area contributed by atoms with Gasteiger partial charge in [0.15, 0.2) is 0 Å². The predicted octanol–water partition coefficient (Wildman–Crippen LogP) is 4.44. The minimum Gasteiger partial charge on any atom is -0.497 e. The van der Waals surface area contributed by atoms with E-state index in [9.17, 15) is 8.42 Å². The third-order valence-corrected chi connectivity index (χ3v) is 8.25. The van der Waals surface area contributed by atoms with Crippen LogP contribution in [0.5, 0.6) is 5.75 Å². The third kappa shape index (κ3) is 5.43. The molecule has 2 aromatic carbocycles. The predicted molar refractivity (Wildman–Crippen MR) is 142 cm³/mol. The maximum atomic E-state index is 14.0. The summed E-state index contributed by atoms with van der Waals surface area (Å²) in [6.07, 6.45) is 1.65. The fourth-order valence-electron chi connectivity index (χ4n) is 4.62. The number of anilines is 1. The SMILES string of the molecule is COc1ccc(S(=O)(=O)N(Cc2c(C(C)C)nn(-c3ccccc3)c2N(C)C)C[C@@H]2CCCO2)cc1. The highest BCUT2D eigenvalue weighted by molar-refractivity contribution is 7.89. The summed E-state index contributed by atoms with van der Waals surface area (Å²) in [4.78, 5) is 2.24. The first-order valence-corrected chi connectivity index (χ1v) is 13.8. The van der Waals surface area contributed by atoms with Gasteiger partial charge >= 0.3 is 0 Å². The molecule has 0 radical (unpaired) electrons. The number of rotatable bonds is 10. The van der Waals surface area contributed by atoms with Crippen LogP contribution < -0.4 is 9.64 Å². The molecule has 3 aromatic rings. The lowest BCUT2D eigenvalue weighted by Gasteiger charge is -2.27. The molecule has 0 unspecified atom stereocenters. The lowest BCUT2D eigenvalue weighted by Crippen LogP contribution is -2.37. The smallest absolute Gasteiger partial charge is 0.243 e. The van der Waals surface area contributed by atoms with Crippen LogP contribution in [0.4, 0.5) is 5.82 Å². The zero-order valence-electron chi connectivity index (χ0n) is 21.7. The number of ether oxygens (including phenoxy) is 2. The lowest BCUT2D eigenvalue weighted by molar-refractivity contribution is 0.0925. The van der Waals surface area contributed by atoms with E-state index in [0.29, 0.717) is 12.4 Å². The minimum atomic E-state index is -3.81. The number of hydrogen-bond acceptors (Lipinski definition) is 6. The first kappa shape index (κ1) is 26.2. The van der Waals surface area contributed by atoms with Crippen LogP contribution in [0.15, 0.2) is 59.5 Å². The average molecular weight is 513 g/mol. The second-order valence-electron chi connectivity index (χ2n) is 9.59. The maximum absolute atomic E-state index is 14.0. The Kier molecular flexibility index (Phi) is 8.02. The third-order valence-electron chi connectivity index (χ3n) is 6.42. The number of nitrogens with zero attached hydrogens (tertiary/aromatic N) is 4. The van der Waals surface area contributed by atoms with Gasteiger partial charge in [0.05, 0.1) is 29.5 Å². The summed E-state index contributed by atoms with van der Waals surface area (Å²) in [5.41, 5.74) is 2.71. The van der Waals surface area contributed by atoms with Gasteiger partial charge in [-0.1, -0.05) is 32.0 Å². The molecule has 1 fully saturated rings. The van der Waals surface area contributed by atoms with Gasteiger partial charge in [0, 0.05) is 39.4 Å². The molecule has 1 aromatic heterocycles. The summed E-state index contributed by atoms with van der Waals surface area (Å²) in [5.74, 6) is 1.59. The van der Waals surface area contributed by atoms with Crippen molar-refractivity contribution in [3.8, 4) is 11.4 Å². The molecule has 4 rings (SSSR count). The number of hydrogen-bond donors (Lipinski definition) is 0. The van der Waals surface area contributed by atoms with Crippen molar-refractivity contribution in [2.75, 3.05) is 39.3 Å². The molecule has 0 saturated carbocycles. The summed E-state index contributed by atoms with van der Waals surface area (Å²) >= 11 is 0. The van der Waals surface area contributed by atoms with Crippen molar-refractivity contribution in [2.24, 2.45) is 0 Å². The highest BCUT2D eigenvalue weighted by Crippen LogP contribution is 2.33. The fraction of sp³-hybridized carbons (Fsp3) is 0.444. The molecule has 1 saturated heterocycles. The van der Waals surface area contributed by atoms with Crippen molar-refractivity contribution < 1.29 is 17.9 Å². The van der Waals surface area contributed by atoms with Gasteiger partial charge in [-0.05, 0) is 55.2 Å². The molecule has 0 aliphatic carbocycles. The largest absolute Gasteiger partial charge is 0.497 e. The molecule has 1 aliphatic heterocycles. The molecule has 2 heterocycles. The van der Waals surface area contributed by atoms with Crippen molar-refractivity contribution in [1.29, 1.82) is 0 Å². The van der Waals surface area contributed by atoms with Gasteiger partial charge in [0.1, 0.15) is 11.6 Å². The normalized spacial score (nSPS) is 16.1. The Labute approximate surface area is 214 Å². The van der Waals surface area contributed by atoms with Crippen LogP contribution >= 0.6 is 0 Å². The van der Waals surface area contributed by atoms with Crippen molar-refractivity contribution in [3.05, 3.63) is 65.9 Å². The van der Waals surface area contributed by atoms with Gasteiger partial charge in [0.25, 0.3) is 0 Å². The Balaban J connectivity index is 1.81. The van der Waals surface area contributed by atoms with E-state index in [1.807, 2.05) is 54.0 Å². The van der Waals surface area contributed by atoms with E-state index in [4.69, 9.17) is 14.6 Å². The zero-order valence-corrected chi connectivity index (χ0v) is 22.5. The Morgan fingerprint density at radius 2 is 1.81 bits per heavy atom. The highest BCUT2D eigenvalue weighted by atomic mass is 32.2. The topological polar surface area (TPSA) is 76.9 Å². The molecule has 0 bridgehead atoms. The Hall–Kier alpha value is -2.88. The maximum Gasteiger partial charge on any atom is 0.243 e. The van der Waals surface area contributed by atoms with Gasteiger partial charge in [-0.2, -0.15) is 9.40 Å². The van der Waals surface area contributed by atoms with Crippen molar-refractivity contribution in [1.82, 2.24) is 14.1 Å². The molecule has 0 amide bonds. The Morgan fingerprint density at radius 3 is 2.36 bits per heavy atom. The van der Waals surface area contributed by atoms with Crippen LogP contribution in [-0.2, 0) is 21.3 Å². The van der Waals surface area contributed by atoms with Gasteiger partial charge in [0.2, 0.25) is 10.0 Å². The molecule has 1 atom stereocenters. The number of sulfonamides is 1. The van der Waals surface area contributed by atoms with E-state index >= 15 is 0 Å². The summed E-state index contributed by atoms with van der Waals surface area (Å²) in [5, 5.41) is 4.97. The van der Waals surface area contributed by atoms with Crippen LogP contribution in [0.3, 0.4) is 0 Å². The van der Waals surface area contributed by atoms with Gasteiger partial charge in [-0.15, -0.1) is 0 Å². The highest BCUT2D eigenvalue weighted by Gasteiger charge is 2.33. The van der Waals surface area contributed by atoms with E-state index in [1.165, 1.54) is 0 Å². The number of aromatic nitrogens is 2. The van der Waals surface area contributed by atoms with Crippen LogP contribution in [0.1, 0.15) is 43.9 Å². The van der Waals surface area contributed by atoms with E-state index < -0.39 is 10.0 Å². The number of benzene rings is 2. The standard InChI is InChI=1S/C27H36N4O4S/c1-20(2)26-25(27(29(3)4)31(28-26)21-10-7-6-8-11-21)19-30(18-23-12-9-17-35-23)36(32,33)24-15-13-22(34-5)14-16-24/h6-8,10-11,13-16,20,23H,9,12,17-19H2,1-5H3/t23-/m0/s1. The molecule has 0 spiro atoms. The van der Waals surface area contributed by atoms with Gasteiger partial charge in [-0.25, -0.2) is 13.1 Å². The fourth-order valence-corrected chi connectivity index (χ4v) is 6.06. The second-order valence-corrected chi connectivity index (χ2v) is 11.5. The number of methoxy groups -OCH3 is 1. The lowest BCUT2D eigenvalue weighted by atomic mass is 10.1. The first-order chi connectivity index (χ1) is 17.2. The second kappa shape index (κ2) is 11.0. The quantitative estimate of drug-likeness (QED) is 0.400. The molecular weight excluding hydrogens is 476 g/mol. The molecule has 8 nitrogen and oxygen atoms in total. The van der Waals surface area contributed by atoms with Gasteiger partial charge < -0.3 is 14.4 Å². The van der Waals surface area contributed by atoms with E-state index in [1.54, 1.807) is 35.7 Å². The zero-order chi connectivity index (χ0) is 25.9. The van der Waals surface area contributed by atoms with E-state index in [-0.39, 0.29) is 30.0 Å². The molecule has 194 valence electrons. The molecule has 9 heteroatoms. The van der Waals surface area contributed by atoms with Crippen LogP contribution in [0.2, 0.25) is 0 Å². The molecular formula is C27H36N4O4S. The van der Waals surface area contributed by atoms with E-state index in [2.05, 4.69) is 13.8 Å². The monoisotopic (exact) mass is 512 g/mol. The van der Waals surface area contributed by atoms with Gasteiger partial charge in [-0.3, -0.25) is 0 Å². The summed E-state index contributed by atoms with van der Waals surface area (Å²) < 4.78 is 42.5. The van der Waals surface area contributed by atoms with Crippen molar-refractivity contribution in [3.63, 3.8) is 0 Å². The summed E-state index contributed by atoms with van der Waals surface area (Å²) in [6, 6.07) is 16.5. The summed E-state index contributed by atoms with van der Waals surface area (Å²) in [7, 11) is 1.68. The van der Waals surface area contributed by atoms with Crippen molar-refractivity contribution in [2.45, 2.75) is 50.2 Å². The summed E-state index contributed by atoms with van der Waals surface area (Å²) in [6.45, 7) is 5.32. The van der Waals surface area contributed by atoms with Crippen molar-refractivity contribution >= 4 is 15.8 Å². The molecule has 36 heavy (non-hydrogen) atoms. The first-order valence-electron chi connectivity index (χ1n) is 12.3. The van der Waals surface area contributed by atoms with Crippen LogP contribution in [0.25, 0.3) is 5.69 Å². The van der Waals surface area contributed by atoms with Crippen LogP contribution in [0, 0.1) is 0 Å².